The summed E-state index contributed by atoms with van der Waals surface area (Å²) in [5.74, 6) is -2.65. The standard InChI is InChI=1S/C4H4BrFO2/c5-2-1-3(6)4(7)8/h1H,2H2,(H,7,8)/b3-1-. The van der Waals surface area contributed by atoms with Gasteiger partial charge in [0.05, 0.1) is 0 Å². The molecule has 46 valence electrons. The third kappa shape index (κ3) is 2.74. The van der Waals surface area contributed by atoms with E-state index in [4.69, 9.17) is 5.11 Å². The first-order valence-electron chi connectivity index (χ1n) is 1.83. The fourth-order valence-corrected chi connectivity index (χ4v) is 0.439. The SMILES string of the molecule is O=C(O)/C(F)=C/CBr. The Kier molecular flexibility index (Phi) is 3.43. The summed E-state index contributed by atoms with van der Waals surface area (Å²) in [6, 6.07) is 0. The highest BCUT2D eigenvalue weighted by atomic mass is 79.9. The van der Waals surface area contributed by atoms with Crippen molar-refractivity contribution in [3.05, 3.63) is 11.9 Å². The number of carbonyl (C=O) groups is 1. The zero-order valence-corrected chi connectivity index (χ0v) is 5.48. The Morgan fingerprint density at radius 3 is 2.50 bits per heavy atom. The molecule has 8 heavy (non-hydrogen) atoms. The first kappa shape index (κ1) is 7.62. The van der Waals surface area contributed by atoms with Crippen LogP contribution < -0.4 is 0 Å². The molecule has 0 saturated carbocycles. The maximum absolute atomic E-state index is 11.8. The topological polar surface area (TPSA) is 37.3 Å². The van der Waals surface area contributed by atoms with Crippen LogP contribution in [-0.2, 0) is 4.79 Å². The van der Waals surface area contributed by atoms with Gasteiger partial charge in [-0.05, 0) is 6.08 Å². The molecular weight excluding hydrogens is 179 g/mol. The second-order valence-corrected chi connectivity index (χ2v) is 1.66. The van der Waals surface area contributed by atoms with Crippen LogP contribution in [0, 0.1) is 0 Å². The lowest BCUT2D eigenvalue weighted by Crippen LogP contribution is -1.93. The summed E-state index contributed by atoms with van der Waals surface area (Å²) < 4.78 is 11.8. The van der Waals surface area contributed by atoms with E-state index in [1.807, 2.05) is 0 Å². The molecule has 0 heterocycles. The smallest absolute Gasteiger partial charge is 0.364 e. The van der Waals surface area contributed by atoms with Gasteiger partial charge >= 0.3 is 5.97 Å². The number of aliphatic carboxylic acids is 1. The average molecular weight is 183 g/mol. The molecule has 0 aromatic rings. The normalized spacial score (nSPS) is 11.5. The van der Waals surface area contributed by atoms with Crippen molar-refractivity contribution in [3.63, 3.8) is 0 Å². The Morgan fingerprint density at radius 2 is 2.38 bits per heavy atom. The van der Waals surface area contributed by atoms with Crippen LogP contribution in [0.15, 0.2) is 11.9 Å². The van der Waals surface area contributed by atoms with Crippen molar-refractivity contribution >= 4 is 21.9 Å². The Balaban J connectivity index is 3.80. The van der Waals surface area contributed by atoms with Gasteiger partial charge in [-0.2, -0.15) is 4.39 Å². The summed E-state index contributed by atoms with van der Waals surface area (Å²) in [7, 11) is 0. The third-order valence-corrected chi connectivity index (χ3v) is 0.784. The van der Waals surface area contributed by atoms with E-state index in [0.29, 0.717) is 0 Å². The molecule has 0 aliphatic carbocycles. The molecule has 1 N–H and O–H groups in total. The van der Waals surface area contributed by atoms with Gasteiger partial charge in [0.25, 0.3) is 0 Å². The molecule has 0 aromatic carbocycles. The molecule has 0 aliphatic rings. The molecule has 0 saturated heterocycles. The minimum absolute atomic E-state index is 0.227. The van der Waals surface area contributed by atoms with Crippen molar-refractivity contribution in [2.75, 3.05) is 5.33 Å². The molecule has 0 spiro atoms. The van der Waals surface area contributed by atoms with Gasteiger partial charge < -0.3 is 5.11 Å². The second kappa shape index (κ2) is 3.60. The van der Waals surface area contributed by atoms with E-state index >= 15 is 0 Å². The summed E-state index contributed by atoms with van der Waals surface area (Å²) >= 11 is 2.84. The van der Waals surface area contributed by atoms with E-state index in [1.54, 1.807) is 0 Å². The van der Waals surface area contributed by atoms with Crippen LogP contribution in [0.3, 0.4) is 0 Å². The number of hydrogen-bond donors (Lipinski definition) is 1. The lowest BCUT2D eigenvalue weighted by atomic mass is 10.5. The zero-order chi connectivity index (χ0) is 6.57. The maximum atomic E-state index is 11.8. The second-order valence-electron chi connectivity index (χ2n) is 1.01. The number of halogens is 2. The van der Waals surface area contributed by atoms with Crippen molar-refractivity contribution in [3.8, 4) is 0 Å². The number of allylic oxidation sites excluding steroid dienone is 1. The molecular formula is C4H4BrFO2. The largest absolute Gasteiger partial charge is 0.476 e. The van der Waals surface area contributed by atoms with E-state index in [2.05, 4.69) is 15.9 Å². The molecule has 0 rings (SSSR count). The monoisotopic (exact) mass is 182 g/mol. The molecule has 0 bridgehead atoms. The highest BCUT2D eigenvalue weighted by Crippen LogP contribution is 1.96. The molecule has 0 aliphatic heterocycles. The first-order chi connectivity index (χ1) is 3.68. The third-order valence-electron chi connectivity index (χ3n) is 0.461. The quantitative estimate of drug-likeness (QED) is 0.517. The average Bonchev–Trinajstić information content (AvgIpc) is 1.67. The van der Waals surface area contributed by atoms with Crippen LogP contribution in [0.4, 0.5) is 4.39 Å². The molecule has 0 atom stereocenters. The molecule has 4 heteroatoms. The van der Waals surface area contributed by atoms with Crippen molar-refractivity contribution in [1.82, 2.24) is 0 Å². The Hall–Kier alpha value is -0.380. The van der Waals surface area contributed by atoms with E-state index in [0.717, 1.165) is 6.08 Å². The number of hydrogen-bond acceptors (Lipinski definition) is 1. The van der Waals surface area contributed by atoms with Crippen LogP contribution in [-0.4, -0.2) is 16.4 Å². The molecule has 0 aromatic heterocycles. The Labute approximate surface area is 54.1 Å². The van der Waals surface area contributed by atoms with Crippen molar-refractivity contribution in [2.24, 2.45) is 0 Å². The molecule has 0 amide bonds. The summed E-state index contributed by atoms with van der Waals surface area (Å²) in [6.45, 7) is 0. The minimum atomic E-state index is -1.52. The molecule has 0 fully saturated rings. The number of carboxylic acid groups (broad SMARTS) is 1. The van der Waals surface area contributed by atoms with Crippen LogP contribution in [0.25, 0.3) is 0 Å². The van der Waals surface area contributed by atoms with E-state index < -0.39 is 11.8 Å². The Morgan fingerprint density at radius 1 is 1.88 bits per heavy atom. The summed E-state index contributed by atoms with van der Waals surface area (Å²) in [5, 5.41) is 8.08. The summed E-state index contributed by atoms with van der Waals surface area (Å²) in [4.78, 5) is 9.63. The van der Waals surface area contributed by atoms with Crippen LogP contribution >= 0.6 is 15.9 Å². The van der Waals surface area contributed by atoms with Gasteiger partial charge in [0.2, 0.25) is 5.83 Å². The van der Waals surface area contributed by atoms with Crippen LogP contribution in [0.5, 0.6) is 0 Å². The first-order valence-corrected chi connectivity index (χ1v) is 2.95. The summed E-state index contributed by atoms with van der Waals surface area (Å²) in [5.41, 5.74) is 0. The number of carboxylic acids is 1. The predicted molar refractivity (Wildman–Crippen MR) is 30.6 cm³/mol. The lowest BCUT2D eigenvalue weighted by Gasteiger charge is -1.81. The zero-order valence-electron chi connectivity index (χ0n) is 3.90. The van der Waals surface area contributed by atoms with Crippen molar-refractivity contribution in [2.45, 2.75) is 0 Å². The summed E-state index contributed by atoms with van der Waals surface area (Å²) in [6.07, 6.45) is 0.933. The van der Waals surface area contributed by atoms with Crippen LogP contribution in [0.2, 0.25) is 0 Å². The van der Waals surface area contributed by atoms with E-state index in [9.17, 15) is 9.18 Å². The van der Waals surface area contributed by atoms with E-state index in [1.165, 1.54) is 0 Å². The highest BCUT2D eigenvalue weighted by molar-refractivity contribution is 9.09. The highest BCUT2D eigenvalue weighted by Gasteiger charge is 2.01. The minimum Gasteiger partial charge on any atom is -0.476 e. The van der Waals surface area contributed by atoms with Gasteiger partial charge in [-0.1, -0.05) is 15.9 Å². The van der Waals surface area contributed by atoms with Crippen molar-refractivity contribution in [1.29, 1.82) is 0 Å². The predicted octanol–water partition coefficient (Wildman–Crippen LogP) is 1.32. The maximum Gasteiger partial charge on any atom is 0.364 e. The van der Waals surface area contributed by atoms with Crippen LogP contribution in [0.1, 0.15) is 0 Å². The van der Waals surface area contributed by atoms with Gasteiger partial charge in [-0.3, -0.25) is 0 Å². The van der Waals surface area contributed by atoms with Gasteiger partial charge in [0.1, 0.15) is 0 Å². The fourth-order valence-electron chi connectivity index (χ4n) is 0.155. The van der Waals surface area contributed by atoms with Gasteiger partial charge in [0, 0.05) is 5.33 Å². The van der Waals surface area contributed by atoms with Gasteiger partial charge in [0.15, 0.2) is 0 Å². The van der Waals surface area contributed by atoms with Gasteiger partial charge in [-0.15, -0.1) is 0 Å². The van der Waals surface area contributed by atoms with Gasteiger partial charge in [-0.25, -0.2) is 4.79 Å². The van der Waals surface area contributed by atoms with E-state index in [-0.39, 0.29) is 5.33 Å². The van der Waals surface area contributed by atoms with Crippen molar-refractivity contribution < 1.29 is 14.3 Å². The molecule has 0 radical (unpaired) electrons. The number of rotatable bonds is 2. The Bertz CT molecular complexity index is 121. The fraction of sp³-hybridized carbons (Fsp3) is 0.250. The molecule has 0 unspecified atom stereocenters. The number of alkyl halides is 1. The lowest BCUT2D eigenvalue weighted by molar-refractivity contribution is -0.134. The molecule has 2 nitrogen and oxygen atoms in total.